The van der Waals surface area contributed by atoms with Crippen LogP contribution in [-0.2, 0) is 9.59 Å². The summed E-state index contributed by atoms with van der Waals surface area (Å²) in [5.41, 5.74) is 0.703. The fourth-order valence-electron chi connectivity index (χ4n) is 5.75. The third kappa shape index (κ3) is 5.88. The molecule has 3 amide bonds. The van der Waals surface area contributed by atoms with Crippen molar-refractivity contribution in [1.82, 2.24) is 14.7 Å². The van der Waals surface area contributed by atoms with E-state index in [1.165, 1.54) is 0 Å². The normalized spacial score (nSPS) is 22.1. The van der Waals surface area contributed by atoms with Crippen LogP contribution in [0.3, 0.4) is 0 Å². The summed E-state index contributed by atoms with van der Waals surface area (Å²) in [6, 6.07) is 11.9. The number of halogens is 2. The van der Waals surface area contributed by atoms with Crippen LogP contribution >= 0.6 is 23.2 Å². The Labute approximate surface area is 245 Å². The molecule has 2 atom stereocenters. The first-order valence-corrected chi connectivity index (χ1v) is 14.5. The molecule has 2 heterocycles. The van der Waals surface area contributed by atoms with Gasteiger partial charge in [-0.2, -0.15) is 0 Å². The van der Waals surface area contributed by atoms with Gasteiger partial charge in [-0.25, -0.2) is 4.79 Å². The standard InChI is InChI=1S/C30H35Cl2N3O5/c1-30(12-13-30)28(37)34-14-10-19(11-15-34)27(36)35-17-23(20-4-9-24(31)25(32)16-20)26(18-35)33(2)29(38)40-22-7-5-21(39-3)6-8-22/h4-9,16,19,23,26H,10-15,17-18H2,1-3H3/t23-,26+/m1/s1. The molecule has 1 saturated carbocycles. The van der Waals surface area contributed by atoms with Crippen LogP contribution in [0.15, 0.2) is 42.5 Å². The highest BCUT2D eigenvalue weighted by molar-refractivity contribution is 6.42. The summed E-state index contributed by atoms with van der Waals surface area (Å²) in [5, 5.41) is 0.870. The Morgan fingerprint density at radius 2 is 1.57 bits per heavy atom. The second-order valence-corrected chi connectivity index (χ2v) is 12.2. The molecule has 40 heavy (non-hydrogen) atoms. The summed E-state index contributed by atoms with van der Waals surface area (Å²) >= 11 is 12.5. The molecule has 2 aliphatic heterocycles. The first-order valence-electron chi connectivity index (χ1n) is 13.7. The van der Waals surface area contributed by atoms with E-state index in [1.807, 2.05) is 22.8 Å². The maximum absolute atomic E-state index is 13.7. The first-order chi connectivity index (χ1) is 19.1. The van der Waals surface area contributed by atoms with Gasteiger partial charge in [-0.3, -0.25) is 9.59 Å². The summed E-state index contributed by atoms with van der Waals surface area (Å²) in [5.74, 6) is 1.01. The highest BCUT2D eigenvalue weighted by atomic mass is 35.5. The van der Waals surface area contributed by atoms with Gasteiger partial charge in [-0.05, 0) is 67.6 Å². The summed E-state index contributed by atoms with van der Waals surface area (Å²) in [6.07, 6.45) is 2.67. The molecule has 3 aliphatic rings. The predicted molar refractivity (Wildman–Crippen MR) is 153 cm³/mol. The number of piperidine rings is 1. The first kappa shape index (κ1) is 28.6. The molecular formula is C30H35Cl2N3O5. The molecule has 0 spiro atoms. The number of rotatable bonds is 6. The zero-order valence-corrected chi connectivity index (χ0v) is 24.6. The molecule has 5 rings (SSSR count). The molecule has 0 unspecified atom stereocenters. The van der Waals surface area contributed by atoms with Crippen LogP contribution < -0.4 is 9.47 Å². The van der Waals surface area contributed by atoms with Crippen molar-refractivity contribution in [3.8, 4) is 11.5 Å². The minimum atomic E-state index is -0.519. The molecule has 8 nitrogen and oxygen atoms in total. The van der Waals surface area contributed by atoms with Crippen molar-refractivity contribution >= 4 is 41.1 Å². The van der Waals surface area contributed by atoms with Gasteiger partial charge in [0.1, 0.15) is 11.5 Å². The zero-order chi connectivity index (χ0) is 28.6. The van der Waals surface area contributed by atoms with E-state index in [-0.39, 0.29) is 35.1 Å². The van der Waals surface area contributed by atoms with Crippen molar-refractivity contribution in [1.29, 1.82) is 0 Å². The third-order valence-electron chi connectivity index (χ3n) is 8.67. The largest absolute Gasteiger partial charge is 0.497 e. The molecule has 3 fully saturated rings. The Hall–Kier alpha value is -2.97. The summed E-state index contributed by atoms with van der Waals surface area (Å²) in [7, 11) is 3.26. The molecule has 1 aliphatic carbocycles. The van der Waals surface area contributed by atoms with E-state index in [0.29, 0.717) is 60.6 Å². The van der Waals surface area contributed by atoms with Crippen molar-refractivity contribution in [3.05, 3.63) is 58.1 Å². The van der Waals surface area contributed by atoms with E-state index in [1.54, 1.807) is 55.5 Å². The van der Waals surface area contributed by atoms with Gasteiger partial charge in [0.05, 0.1) is 23.2 Å². The van der Waals surface area contributed by atoms with Crippen LogP contribution in [0.2, 0.25) is 10.0 Å². The molecule has 2 saturated heterocycles. The van der Waals surface area contributed by atoms with Gasteiger partial charge in [0.25, 0.3) is 0 Å². The number of hydrogen-bond acceptors (Lipinski definition) is 5. The lowest BCUT2D eigenvalue weighted by Gasteiger charge is -2.34. The minimum absolute atomic E-state index is 0.0641. The number of amides is 3. The zero-order valence-electron chi connectivity index (χ0n) is 23.1. The van der Waals surface area contributed by atoms with Gasteiger partial charge in [0.2, 0.25) is 11.8 Å². The fourth-order valence-corrected chi connectivity index (χ4v) is 6.06. The van der Waals surface area contributed by atoms with Crippen LogP contribution in [0.5, 0.6) is 11.5 Å². The van der Waals surface area contributed by atoms with Crippen LogP contribution in [0.4, 0.5) is 4.79 Å². The van der Waals surface area contributed by atoms with E-state index in [4.69, 9.17) is 32.7 Å². The summed E-state index contributed by atoms with van der Waals surface area (Å²) < 4.78 is 10.8. The van der Waals surface area contributed by atoms with Gasteiger partial charge >= 0.3 is 6.09 Å². The van der Waals surface area contributed by atoms with Gasteiger partial charge in [-0.15, -0.1) is 0 Å². The van der Waals surface area contributed by atoms with E-state index in [0.717, 1.165) is 18.4 Å². The highest BCUT2D eigenvalue weighted by Crippen LogP contribution is 2.47. The molecule has 214 valence electrons. The molecule has 10 heteroatoms. The number of methoxy groups -OCH3 is 1. The number of benzene rings is 2. The average molecular weight is 589 g/mol. The van der Waals surface area contributed by atoms with E-state index in [9.17, 15) is 14.4 Å². The lowest BCUT2D eigenvalue weighted by Crippen LogP contribution is -2.46. The van der Waals surface area contributed by atoms with Gasteiger partial charge in [0.15, 0.2) is 0 Å². The summed E-state index contributed by atoms with van der Waals surface area (Å²) in [6.45, 7) is 4.04. The smallest absolute Gasteiger partial charge is 0.415 e. The molecule has 0 N–H and O–H groups in total. The Bertz CT molecular complexity index is 1270. The number of carbonyl (C=O) groups is 3. The number of nitrogens with zero attached hydrogens (tertiary/aromatic N) is 3. The molecule has 2 aromatic carbocycles. The number of ether oxygens (including phenoxy) is 2. The Morgan fingerprint density at radius 3 is 2.17 bits per heavy atom. The van der Waals surface area contributed by atoms with Crippen molar-refractivity contribution in [2.45, 2.75) is 44.6 Å². The molecular weight excluding hydrogens is 553 g/mol. The monoisotopic (exact) mass is 587 g/mol. The molecule has 0 radical (unpaired) electrons. The number of likely N-dealkylation sites (tertiary alicyclic amines) is 2. The Balaban J connectivity index is 1.29. The predicted octanol–water partition coefficient (Wildman–Crippen LogP) is 5.47. The van der Waals surface area contributed by atoms with Crippen LogP contribution in [0.1, 0.15) is 44.1 Å². The van der Waals surface area contributed by atoms with Crippen LogP contribution in [0, 0.1) is 11.3 Å². The lowest BCUT2D eigenvalue weighted by atomic mass is 9.93. The van der Waals surface area contributed by atoms with Crippen molar-refractivity contribution in [2.24, 2.45) is 11.3 Å². The van der Waals surface area contributed by atoms with E-state index < -0.39 is 6.09 Å². The maximum Gasteiger partial charge on any atom is 0.415 e. The second kappa shape index (κ2) is 11.5. The minimum Gasteiger partial charge on any atom is -0.497 e. The van der Waals surface area contributed by atoms with E-state index in [2.05, 4.69) is 0 Å². The second-order valence-electron chi connectivity index (χ2n) is 11.4. The topological polar surface area (TPSA) is 79.4 Å². The van der Waals surface area contributed by atoms with Crippen molar-refractivity contribution < 1.29 is 23.9 Å². The average Bonchev–Trinajstić information content (AvgIpc) is 3.57. The number of carbonyl (C=O) groups excluding carboxylic acids is 3. The van der Waals surface area contributed by atoms with Crippen LogP contribution in [-0.4, -0.2) is 79.0 Å². The maximum atomic E-state index is 13.7. The Kier molecular flexibility index (Phi) is 8.20. The lowest BCUT2D eigenvalue weighted by molar-refractivity contribution is -0.142. The van der Waals surface area contributed by atoms with Gasteiger partial charge in [0, 0.05) is 50.5 Å². The molecule has 0 aromatic heterocycles. The van der Waals surface area contributed by atoms with E-state index >= 15 is 0 Å². The molecule has 0 bridgehead atoms. The molecule has 2 aromatic rings. The quantitative estimate of drug-likeness (QED) is 0.448. The summed E-state index contributed by atoms with van der Waals surface area (Å²) in [4.78, 5) is 45.0. The SMILES string of the molecule is COc1ccc(OC(=O)N(C)[C@H]2CN(C(=O)C3CCN(C(=O)C4(C)CC4)CC3)C[C@@H]2c2ccc(Cl)c(Cl)c2)cc1. The highest BCUT2D eigenvalue weighted by Gasteiger charge is 2.48. The van der Waals surface area contributed by atoms with Crippen LogP contribution in [0.25, 0.3) is 0 Å². The Morgan fingerprint density at radius 1 is 0.925 bits per heavy atom. The van der Waals surface area contributed by atoms with Gasteiger partial charge in [-0.1, -0.05) is 36.2 Å². The number of likely N-dealkylation sites (N-methyl/N-ethyl adjacent to an activating group) is 1. The van der Waals surface area contributed by atoms with Crippen molar-refractivity contribution in [3.63, 3.8) is 0 Å². The third-order valence-corrected chi connectivity index (χ3v) is 9.41. The van der Waals surface area contributed by atoms with Gasteiger partial charge < -0.3 is 24.2 Å². The van der Waals surface area contributed by atoms with Crippen molar-refractivity contribution in [2.75, 3.05) is 40.3 Å². The number of hydrogen-bond donors (Lipinski definition) is 0. The fraction of sp³-hybridized carbons (Fsp3) is 0.500.